The molecule has 0 spiro atoms. The molecule has 5 heteroatoms. The SMILES string of the molecule is CC(C)C(C(=O)O)n1nnc2ccccc21. The molecule has 0 saturated carbocycles. The van der Waals surface area contributed by atoms with E-state index in [0.29, 0.717) is 0 Å². The van der Waals surface area contributed by atoms with Crippen molar-refractivity contribution >= 4 is 17.0 Å². The topological polar surface area (TPSA) is 68.0 Å². The average molecular weight is 219 g/mol. The maximum absolute atomic E-state index is 11.2. The molecule has 1 N–H and O–H groups in total. The van der Waals surface area contributed by atoms with E-state index in [1.165, 1.54) is 4.68 Å². The van der Waals surface area contributed by atoms with Crippen LogP contribution in [0.25, 0.3) is 11.0 Å². The molecule has 84 valence electrons. The lowest BCUT2D eigenvalue weighted by Crippen LogP contribution is -2.25. The van der Waals surface area contributed by atoms with Crippen LogP contribution in [0.1, 0.15) is 19.9 Å². The van der Waals surface area contributed by atoms with E-state index in [1.807, 2.05) is 38.1 Å². The largest absolute Gasteiger partial charge is 0.480 e. The fourth-order valence-electron chi connectivity index (χ4n) is 1.76. The number of rotatable bonds is 3. The van der Waals surface area contributed by atoms with E-state index in [1.54, 1.807) is 0 Å². The predicted octanol–water partition coefficient (Wildman–Crippen LogP) is 1.71. The van der Waals surface area contributed by atoms with E-state index >= 15 is 0 Å². The lowest BCUT2D eigenvalue weighted by Gasteiger charge is -2.16. The summed E-state index contributed by atoms with van der Waals surface area (Å²) in [5.41, 5.74) is 1.47. The molecule has 0 aliphatic heterocycles. The molecule has 1 aromatic carbocycles. The molecule has 1 atom stereocenters. The summed E-state index contributed by atoms with van der Waals surface area (Å²) in [6, 6.07) is 6.67. The van der Waals surface area contributed by atoms with Crippen LogP contribution in [0.5, 0.6) is 0 Å². The van der Waals surface area contributed by atoms with E-state index in [-0.39, 0.29) is 5.92 Å². The highest BCUT2D eigenvalue weighted by Gasteiger charge is 2.26. The Bertz CT molecular complexity index is 519. The number of aliphatic carboxylic acids is 1. The van der Waals surface area contributed by atoms with Gasteiger partial charge >= 0.3 is 5.97 Å². The summed E-state index contributed by atoms with van der Waals surface area (Å²) in [6.45, 7) is 3.71. The standard InChI is InChI=1S/C11H13N3O2/c1-7(2)10(11(15)16)14-9-6-4-3-5-8(9)12-13-14/h3-7,10H,1-2H3,(H,15,16). The van der Waals surface area contributed by atoms with E-state index in [4.69, 9.17) is 0 Å². The summed E-state index contributed by atoms with van der Waals surface area (Å²) in [6.07, 6.45) is 0. The first-order valence-corrected chi connectivity index (χ1v) is 5.14. The van der Waals surface area contributed by atoms with E-state index in [9.17, 15) is 9.90 Å². The van der Waals surface area contributed by atoms with Gasteiger partial charge in [0.2, 0.25) is 0 Å². The Balaban J connectivity index is 2.57. The van der Waals surface area contributed by atoms with Gasteiger partial charge in [-0.05, 0) is 18.1 Å². The van der Waals surface area contributed by atoms with Crippen molar-refractivity contribution in [3.63, 3.8) is 0 Å². The summed E-state index contributed by atoms with van der Waals surface area (Å²) in [7, 11) is 0. The molecule has 0 amide bonds. The predicted molar refractivity (Wildman–Crippen MR) is 59.0 cm³/mol. The zero-order valence-electron chi connectivity index (χ0n) is 9.16. The van der Waals surface area contributed by atoms with Gasteiger partial charge in [-0.15, -0.1) is 5.10 Å². The summed E-state index contributed by atoms with van der Waals surface area (Å²) in [4.78, 5) is 11.2. The van der Waals surface area contributed by atoms with Crippen LogP contribution in [0.4, 0.5) is 0 Å². The number of aromatic nitrogens is 3. The van der Waals surface area contributed by atoms with Crippen molar-refractivity contribution in [2.45, 2.75) is 19.9 Å². The van der Waals surface area contributed by atoms with Gasteiger partial charge < -0.3 is 5.11 Å². The van der Waals surface area contributed by atoms with Crippen LogP contribution >= 0.6 is 0 Å². The number of hydrogen-bond acceptors (Lipinski definition) is 3. The first-order chi connectivity index (χ1) is 7.61. The van der Waals surface area contributed by atoms with Crippen molar-refractivity contribution in [3.8, 4) is 0 Å². The smallest absolute Gasteiger partial charge is 0.328 e. The van der Waals surface area contributed by atoms with Gasteiger partial charge in [0.15, 0.2) is 6.04 Å². The van der Waals surface area contributed by atoms with Crippen LogP contribution < -0.4 is 0 Å². The minimum atomic E-state index is -0.884. The second-order valence-electron chi connectivity index (χ2n) is 4.05. The summed E-state index contributed by atoms with van der Waals surface area (Å²) in [5.74, 6) is -0.923. The molecule has 2 rings (SSSR count). The van der Waals surface area contributed by atoms with Crippen molar-refractivity contribution in [1.29, 1.82) is 0 Å². The summed E-state index contributed by atoms with van der Waals surface area (Å²) in [5, 5.41) is 17.1. The van der Waals surface area contributed by atoms with Gasteiger partial charge in [0, 0.05) is 0 Å². The number of carboxylic acid groups (broad SMARTS) is 1. The Morgan fingerprint density at radius 2 is 2.06 bits per heavy atom. The number of benzene rings is 1. The van der Waals surface area contributed by atoms with Crippen LogP contribution in [0.15, 0.2) is 24.3 Å². The number of para-hydroxylation sites is 1. The van der Waals surface area contributed by atoms with Gasteiger partial charge in [-0.25, -0.2) is 9.48 Å². The second kappa shape index (κ2) is 3.92. The lowest BCUT2D eigenvalue weighted by atomic mass is 10.0. The number of fused-ring (bicyclic) bond motifs is 1. The maximum Gasteiger partial charge on any atom is 0.328 e. The van der Waals surface area contributed by atoms with Crippen LogP contribution in [-0.2, 0) is 4.79 Å². The minimum Gasteiger partial charge on any atom is -0.480 e. The van der Waals surface area contributed by atoms with Crippen molar-refractivity contribution < 1.29 is 9.90 Å². The quantitative estimate of drug-likeness (QED) is 0.853. The molecule has 2 aromatic rings. The van der Waals surface area contributed by atoms with E-state index in [0.717, 1.165) is 11.0 Å². The molecule has 0 saturated heterocycles. The Hall–Kier alpha value is -1.91. The third kappa shape index (κ3) is 1.64. The van der Waals surface area contributed by atoms with Crippen molar-refractivity contribution in [2.24, 2.45) is 5.92 Å². The van der Waals surface area contributed by atoms with Gasteiger partial charge in [0.1, 0.15) is 5.52 Å². The number of hydrogen-bond donors (Lipinski definition) is 1. The highest BCUT2D eigenvalue weighted by atomic mass is 16.4. The van der Waals surface area contributed by atoms with Crippen molar-refractivity contribution in [1.82, 2.24) is 15.0 Å². The molecule has 1 aromatic heterocycles. The van der Waals surface area contributed by atoms with Gasteiger partial charge in [0.05, 0.1) is 5.52 Å². The maximum atomic E-state index is 11.2. The molecule has 0 fully saturated rings. The molecule has 1 heterocycles. The summed E-state index contributed by atoms with van der Waals surface area (Å²) >= 11 is 0. The normalized spacial score (nSPS) is 13.2. The fourth-order valence-corrected chi connectivity index (χ4v) is 1.76. The Kier molecular flexibility index (Phi) is 2.60. The Morgan fingerprint density at radius 3 is 2.69 bits per heavy atom. The zero-order valence-corrected chi connectivity index (χ0v) is 9.16. The van der Waals surface area contributed by atoms with E-state index < -0.39 is 12.0 Å². The van der Waals surface area contributed by atoms with Crippen LogP contribution in [0, 0.1) is 5.92 Å². The molecule has 1 unspecified atom stereocenters. The van der Waals surface area contributed by atoms with Crippen LogP contribution in [0.3, 0.4) is 0 Å². The molecular weight excluding hydrogens is 206 g/mol. The molecule has 0 aliphatic carbocycles. The van der Waals surface area contributed by atoms with Gasteiger partial charge in [-0.2, -0.15) is 0 Å². The zero-order chi connectivity index (χ0) is 11.7. The number of carboxylic acids is 1. The Labute approximate surface area is 92.7 Å². The fraction of sp³-hybridized carbons (Fsp3) is 0.364. The molecule has 0 radical (unpaired) electrons. The van der Waals surface area contributed by atoms with Crippen molar-refractivity contribution in [3.05, 3.63) is 24.3 Å². The van der Waals surface area contributed by atoms with Crippen LogP contribution in [0.2, 0.25) is 0 Å². The van der Waals surface area contributed by atoms with E-state index in [2.05, 4.69) is 10.3 Å². The second-order valence-corrected chi connectivity index (χ2v) is 4.05. The minimum absolute atomic E-state index is 0.0393. The molecule has 0 aliphatic rings. The number of nitrogens with zero attached hydrogens (tertiary/aromatic N) is 3. The highest BCUT2D eigenvalue weighted by molar-refractivity contribution is 5.78. The van der Waals surface area contributed by atoms with Gasteiger partial charge in [0.25, 0.3) is 0 Å². The number of carbonyl (C=O) groups is 1. The average Bonchev–Trinajstić information content (AvgIpc) is 2.61. The third-order valence-corrected chi connectivity index (χ3v) is 2.53. The first kappa shape index (κ1) is 10.6. The Morgan fingerprint density at radius 1 is 1.38 bits per heavy atom. The summed E-state index contributed by atoms with van der Waals surface area (Å²) < 4.78 is 1.47. The molecule has 0 bridgehead atoms. The highest BCUT2D eigenvalue weighted by Crippen LogP contribution is 2.21. The first-order valence-electron chi connectivity index (χ1n) is 5.14. The molecular formula is C11H13N3O2. The van der Waals surface area contributed by atoms with Crippen LogP contribution in [-0.4, -0.2) is 26.1 Å². The molecule has 5 nitrogen and oxygen atoms in total. The third-order valence-electron chi connectivity index (χ3n) is 2.53. The van der Waals surface area contributed by atoms with Gasteiger partial charge in [-0.3, -0.25) is 0 Å². The lowest BCUT2D eigenvalue weighted by molar-refractivity contribution is -0.142. The molecule has 16 heavy (non-hydrogen) atoms. The monoisotopic (exact) mass is 219 g/mol. The van der Waals surface area contributed by atoms with Gasteiger partial charge in [-0.1, -0.05) is 31.2 Å². The van der Waals surface area contributed by atoms with Crippen molar-refractivity contribution in [2.75, 3.05) is 0 Å².